The Labute approximate surface area is 109 Å². The average molecular weight is 280 g/mol. The van der Waals surface area contributed by atoms with Gasteiger partial charge in [-0.25, -0.2) is 0 Å². The Morgan fingerprint density at radius 3 is 2.39 bits per heavy atom. The van der Waals surface area contributed by atoms with E-state index in [1.165, 1.54) is 18.9 Å². The zero-order valence-electron chi connectivity index (χ0n) is 11.5. The van der Waals surface area contributed by atoms with Crippen molar-refractivity contribution in [1.82, 2.24) is 13.9 Å². The number of nitrogens with zero attached hydrogens (tertiary/aromatic N) is 2. The molecule has 1 unspecified atom stereocenters. The monoisotopic (exact) mass is 280 g/mol. The molecule has 0 aromatic carbocycles. The van der Waals surface area contributed by atoms with Gasteiger partial charge in [-0.1, -0.05) is 0 Å². The van der Waals surface area contributed by atoms with E-state index in [-0.39, 0.29) is 5.91 Å². The zero-order chi connectivity index (χ0) is 14.3. The number of nitrogens with two attached hydrogens (primary N) is 1. The van der Waals surface area contributed by atoms with Crippen LogP contribution in [0, 0.1) is 0 Å². The Bertz CT molecular complexity index is 358. The number of nitrogens with one attached hydrogen (secondary N) is 1. The molecule has 18 heavy (non-hydrogen) atoms. The fourth-order valence-corrected chi connectivity index (χ4v) is 2.38. The molecule has 0 aromatic heterocycles. The van der Waals surface area contributed by atoms with Gasteiger partial charge in [0.05, 0.1) is 6.04 Å². The highest BCUT2D eigenvalue weighted by Gasteiger charge is 2.25. The van der Waals surface area contributed by atoms with Gasteiger partial charge in [-0.15, -0.1) is 0 Å². The summed E-state index contributed by atoms with van der Waals surface area (Å²) in [5.41, 5.74) is 5.32. The van der Waals surface area contributed by atoms with Gasteiger partial charge in [-0.05, 0) is 26.8 Å². The molecule has 0 saturated heterocycles. The highest BCUT2D eigenvalue weighted by atomic mass is 32.2. The second-order valence-corrected chi connectivity index (χ2v) is 5.97. The van der Waals surface area contributed by atoms with Gasteiger partial charge in [-0.3, -0.25) is 4.79 Å². The van der Waals surface area contributed by atoms with Crippen molar-refractivity contribution in [2.24, 2.45) is 5.73 Å². The minimum Gasteiger partial charge on any atom is -0.345 e. The number of carbonyl (C=O) groups excluding carboxylic acids is 1. The molecular formula is C10H24N4O3S. The van der Waals surface area contributed by atoms with Crippen LogP contribution in [0.1, 0.15) is 20.3 Å². The predicted octanol–water partition coefficient (Wildman–Crippen LogP) is -1.03. The summed E-state index contributed by atoms with van der Waals surface area (Å²) in [6.45, 7) is 4.65. The molecule has 1 amide bonds. The number of carbonyl (C=O) groups is 1. The maximum atomic E-state index is 11.9. The Morgan fingerprint density at radius 2 is 1.94 bits per heavy atom. The third-order valence-electron chi connectivity index (χ3n) is 2.63. The van der Waals surface area contributed by atoms with E-state index < -0.39 is 16.3 Å². The summed E-state index contributed by atoms with van der Waals surface area (Å²) < 4.78 is 27.2. The molecule has 0 aliphatic rings. The maximum absolute atomic E-state index is 11.9. The van der Waals surface area contributed by atoms with Crippen LogP contribution < -0.4 is 10.5 Å². The molecule has 0 aromatic rings. The van der Waals surface area contributed by atoms with Gasteiger partial charge in [0, 0.05) is 27.2 Å². The van der Waals surface area contributed by atoms with Crippen molar-refractivity contribution in [3.63, 3.8) is 0 Å². The average Bonchev–Trinajstić information content (AvgIpc) is 2.33. The smallest absolute Gasteiger partial charge is 0.279 e. The first-order chi connectivity index (χ1) is 8.26. The Balaban J connectivity index is 4.53. The molecule has 0 radical (unpaired) electrons. The summed E-state index contributed by atoms with van der Waals surface area (Å²) in [7, 11) is -0.551. The molecule has 0 heterocycles. The molecule has 3 N–H and O–H groups in total. The lowest BCUT2D eigenvalue weighted by Crippen LogP contribution is -2.49. The van der Waals surface area contributed by atoms with Gasteiger partial charge in [0.15, 0.2) is 0 Å². The van der Waals surface area contributed by atoms with E-state index in [9.17, 15) is 13.2 Å². The molecule has 1 atom stereocenters. The summed E-state index contributed by atoms with van der Waals surface area (Å²) >= 11 is 0. The van der Waals surface area contributed by atoms with Gasteiger partial charge < -0.3 is 10.6 Å². The fraction of sp³-hybridized carbons (Fsp3) is 0.900. The highest BCUT2D eigenvalue weighted by Crippen LogP contribution is 1.99. The first-order valence-corrected chi connectivity index (χ1v) is 7.38. The van der Waals surface area contributed by atoms with Crippen molar-refractivity contribution >= 4 is 16.1 Å². The van der Waals surface area contributed by atoms with E-state index >= 15 is 0 Å². The summed E-state index contributed by atoms with van der Waals surface area (Å²) in [6, 6.07) is -0.778. The van der Waals surface area contributed by atoms with Gasteiger partial charge in [0.2, 0.25) is 5.91 Å². The van der Waals surface area contributed by atoms with Crippen molar-refractivity contribution in [3.05, 3.63) is 0 Å². The summed E-state index contributed by atoms with van der Waals surface area (Å²) in [6.07, 6.45) is 0.578. The Hall–Kier alpha value is -0.700. The quantitative estimate of drug-likeness (QED) is 0.594. The first kappa shape index (κ1) is 17.3. The molecule has 0 spiro atoms. The molecule has 7 nitrogen and oxygen atoms in total. The first-order valence-electron chi connectivity index (χ1n) is 5.94. The lowest BCUT2D eigenvalue weighted by molar-refractivity contribution is -0.131. The predicted molar refractivity (Wildman–Crippen MR) is 71.1 cm³/mol. The van der Waals surface area contributed by atoms with Crippen LogP contribution in [0.25, 0.3) is 0 Å². The van der Waals surface area contributed by atoms with Crippen LogP contribution in [0.15, 0.2) is 0 Å². The molecule has 0 fully saturated rings. The van der Waals surface area contributed by atoms with Crippen LogP contribution in [0.2, 0.25) is 0 Å². The maximum Gasteiger partial charge on any atom is 0.279 e. The summed E-state index contributed by atoms with van der Waals surface area (Å²) in [4.78, 5) is 13.2. The van der Waals surface area contributed by atoms with Crippen LogP contribution in [0.5, 0.6) is 0 Å². The Morgan fingerprint density at radius 1 is 1.39 bits per heavy atom. The van der Waals surface area contributed by atoms with E-state index in [2.05, 4.69) is 4.72 Å². The fourth-order valence-electron chi connectivity index (χ4n) is 1.28. The summed E-state index contributed by atoms with van der Waals surface area (Å²) in [5, 5.41) is 0. The molecule has 0 bridgehead atoms. The van der Waals surface area contributed by atoms with E-state index in [0.29, 0.717) is 26.1 Å². The third kappa shape index (κ3) is 5.30. The second kappa shape index (κ2) is 7.67. The number of rotatable bonds is 8. The Kier molecular flexibility index (Phi) is 7.37. The standard InChI is InChI=1S/C10H24N4O3S/c1-5-13(3)10(15)9(2)12-18(16,17)14(4)8-6-7-11/h9,12H,5-8,11H2,1-4H3. The summed E-state index contributed by atoms with van der Waals surface area (Å²) in [5.74, 6) is -0.256. The SMILES string of the molecule is CCN(C)C(=O)C(C)NS(=O)(=O)N(C)CCCN. The van der Waals surface area contributed by atoms with Crippen molar-refractivity contribution in [1.29, 1.82) is 0 Å². The van der Waals surface area contributed by atoms with Crippen molar-refractivity contribution < 1.29 is 13.2 Å². The topological polar surface area (TPSA) is 95.7 Å². The van der Waals surface area contributed by atoms with E-state index in [4.69, 9.17) is 5.73 Å². The van der Waals surface area contributed by atoms with Crippen LogP contribution in [-0.2, 0) is 15.0 Å². The van der Waals surface area contributed by atoms with Crippen LogP contribution in [-0.4, -0.2) is 63.3 Å². The lowest BCUT2D eigenvalue weighted by atomic mass is 10.3. The van der Waals surface area contributed by atoms with Gasteiger partial charge >= 0.3 is 0 Å². The molecule has 0 aliphatic carbocycles. The molecule has 0 aliphatic heterocycles. The normalized spacial score (nSPS) is 13.7. The van der Waals surface area contributed by atoms with Crippen LogP contribution >= 0.6 is 0 Å². The molecular weight excluding hydrogens is 256 g/mol. The van der Waals surface area contributed by atoms with Gasteiger partial charge in [0.1, 0.15) is 0 Å². The van der Waals surface area contributed by atoms with E-state index in [0.717, 1.165) is 4.31 Å². The minimum absolute atomic E-state index is 0.256. The molecule has 8 heteroatoms. The number of likely N-dealkylation sites (N-methyl/N-ethyl adjacent to an activating group) is 1. The van der Waals surface area contributed by atoms with Crippen LogP contribution in [0.3, 0.4) is 0 Å². The number of hydrogen-bond acceptors (Lipinski definition) is 4. The number of hydrogen-bond donors (Lipinski definition) is 2. The molecule has 108 valence electrons. The zero-order valence-corrected chi connectivity index (χ0v) is 12.3. The third-order valence-corrected chi connectivity index (χ3v) is 4.29. The van der Waals surface area contributed by atoms with Gasteiger partial charge in [-0.2, -0.15) is 17.4 Å². The van der Waals surface area contributed by atoms with Crippen molar-refractivity contribution in [2.45, 2.75) is 26.3 Å². The van der Waals surface area contributed by atoms with Gasteiger partial charge in [0.25, 0.3) is 10.2 Å². The van der Waals surface area contributed by atoms with E-state index in [1.807, 2.05) is 6.92 Å². The lowest BCUT2D eigenvalue weighted by Gasteiger charge is -2.23. The largest absolute Gasteiger partial charge is 0.345 e. The van der Waals surface area contributed by atoms with E-state index in [1.54, 1.807) is 7.05 Å². The van der Waals surface area contributed by atoms with Crippen molar-refractivity contribution in [2.75, 3.05) is 33.7 Å². The minimum atomic E-state index is -3.64. The number of amides is 1. The highest BCUT2D eigenvalue weighted by molar-refractivity contribution is 7.87. The molecule has 0 saturated carbocycles. The second-order valence-electron chi connectivity index (χ2n) is 4.16. The molecule has 0 rings (SSSR count). The van der Waals surface area contributed by atoms with Crippen molar-refractivity contribution in [3.8, 4) is 0 Å². The van der Waals surface area contributed by atoms with Crippen LogP contribution in [0.4, 0.5) is 0 Å².